The van der Waals surface area contributed by atoms with Crippen LogP contribution in [0, 0.1) is 0 Å². The van der Waals surface area contributed by atoms with Gasteiger partial charge in [0.05, 0.1) is 13.2 Å². The number of rotatable bonds is 11. The third-order valence-electron chi connectivity index (χ3n) is 3.32. The average Bonchev–Trinajstić information content (AvgIpc) is 2.58. The predicted molar refractivity (Wildman–Crippen MR) is 112 cm³/mol. The van der Waals surface area contributed by atoms with E-state index < -0.39 is 20.8 Å². The molecule has 9 nitrogen and oxygen atoms in total. The fourth-order valence-corrected chi connectivity index (χ4v) is 2.71. The first-order chi connectivity index (χ1) is 13.5. The minimum Gasteiger partial charge on any atom is -0.508 e. The van der Waals surface area contributed by atoms with Crippen molar-refractivity contribution in [1.29, 1.82) is 0 Å². The second kappa shape index (κ2) is 17.6. The van der Waals surface area contributed by atoms with Crippen molar-refractivity contribution < 1.29 is 39.4 Å². The van der Waals surface area contributed by atoms with Crippen molar-refractivity contribution in [3.05, 3.63) is 29.8 Å². The number of hydrogen-bond acceptors (Lipinski definition) is 7. The zero-order valence-electron chi connectivity index (χ0n) is 17.3. The Morgan fingerprint density at radius 3 is 1.59 bits per heavy atom. The molecule has 0 radical (unpaired) electrons. The van der Waals surface area contributed by atoms with Crippen LogP contribution in [0.3, 0.4) is 0 Å². The molecule has 1 aromatic carbocycles. The molecule has 172 valence electrons. The molecule has 1 aromatic rings. The maximum Gasteiger partial charge on any atom is 0.397 e. The first kappa shape index (κ1) is 30.0. The van der Waals surface area contributed by atoms with E-state index >= 15 is 0 Å². The highest BCUT2D eigenvalue weighted by molar-refractivity contribution is 7.81. The standard InChI is InChI=1S/C14H22O.2C2H6O4S/c1-2-3-4-5-6-7-10-13-11-8-9-12-14(13)15;2*1-2-6-7(3,4)5/h8-9,11-12,15H,2-7,10H2,1H3;2*2H2,1H3,(H,3,4,5). The van der Waals surface area contributed by atoms with Gasteiger partial charge in [0.1, 0.15) is 5.75 Å². The monoisotopic (exact) mass is 458 g/mol. The van der Waals surface area contributed by atoms with E-state index in [4.69, 9.17) is 9.11 Å². The molecule has 0 fully saturated rings. The number of phenolic OH excluding ortho intramolecular Hbond substituents is 1. The lowest BCUT2D eigenvalue weighted by atomic mass is 10.0. The van der Waals surface area contributed by atoms with Crippen LogP contribution < -0.4 is 0 Å². The highest BCUT2D eigenvalue weighted by Crippen LogP contribution is 2.18. The molecule has 0 saturated heterocycles. The maximum atomic E-state index is 9.56. The molecule has 1 rings (SSSR count). The molecular weight excluding hydrogens is 424 g/mol. The van der Waals surface area contributed by atoms with Crippen molar-refractivity contribution in [2.24, 2.45) is 0 Å². The summed E-state index contributed by atoms with van der Waals surface area (Å²) in [5.41, 5.74) is 1.09. The number of unbranched alkanes of at least 4 members (excludes halogenated alkanes) is 5. The van der Waals surface area contributed by atoms with Crippen molar-refractivity contribution in [1.82, 2.24) is 0 Å². The Morgan fingerprint density at radius 1 is 0.759 bits per heavy atom. The molecule has 0 atom stereocenters. The maximum absolute atomic E-state index is 9.56. The SMILES string of the molecule is CCCCCCCCc1ccccc1O.CCOS(=O)(=O)O.CCOS(=O)(=O)O. The number of para-hydroxylation sites is 1. The van der Waals surface area contributed by atoms with Gasteiger partial charge >= 0.3 is 20.8 Å². The molecule has 11 heteroatoms. The summed E-state index contributed by atoms with van der Waals surface area (Å²) >= 11 is 0. The fraction of sp³-hybridized carbons (Fsp3) is 0.667. The van der Waals surface area contributed by atoms with E-state index in [1.807, 2.05) is 18.2 Å². The molecule has 0 aliphatic rings. The van der Waals surface area contributed by atoms with Gasteiger partial charge in [-0.15, -0.1) is 0 Å². The van der Waals surface area contributed by atoms with E-state index in [1.165, 1.54) is 52.4 Å². The Labute approximate surface area is 175 Å². The number of hydrogen-bond donors (Lipinski definition) is 3. The van der Waals surface area contributed by atoms with Crippen molar-refractivity contribution in [2.45, 2.75) is 65.7 Å². The quantitative estimate of drug-likeness (QED) is 0.331. The van der Waals surface area contributed by atoms with Gasteiger partial charge in [-0.25, -0.2) is 8.37 Å². The van der Waals surface area contributed by atoms with E-state index in [1.54, 1.807) is 6.07 Å². The number of phenols is 1. The summed E-state index contributed by atoms with van der Waals surface area (Å²) in [6, 6.07) is 7.65. The van der Waals surface area contributed by atoms with E-state index in [0.717, 1.165) is 12.0 Å². The van der Waals surface area contributed by atoms with Gasteiger partial charge in [0.15, 0.2) is 0 Å². The lowest BCUT2D eigenvalue weighted by molar-refractivity contribution is 0.281. The highest BCUT2D eigenvalue weighted by Gasteiger charge is 1.99. The molecule has 0 bridgehead atoms. The van der Waals surface area contributed by atoms with Crippen molar-refractivity contribution >= 4 is 20.8 Å². The summed E-state index contributed by atoms with van der Waals surface area (Å²) in [6.07, 6.45) is 8.85. The molecule has 3 N–H and O–H groups in total. The molecule has 0 amide bonds. The van der Waals surface area contributed by atoms with Crippen LogP contribution >= 0.6 is 0 Å². The smallest absolute Gasteiger partial charge is 0.397 e. The average molecular weight is 459 g/mol. The number of aromatic hydroxyl groups is 1. The van der Waals surface area contributed by atoms with Crippen LogP contribution in [0.5, 0.6) is 5.75 Å². The lowest BCUT2D eigenvalue weighted by Crippen LogP contribution is -2.01. The Morgan fingerprint density at radius 2 is 1.21 bits per heavy atom. The first-order valence-corrected chi connectivity index (χ1v) is 12.2. The Hall–Kier alpha value is -1.24. The Bertz CT molecular complexity index is 683. The summed E-state index contributed by atoms with van der Waals surface area (Å²) in [7, 11) is -8.35. The van der Waals surface area contributed by atoms with Crippen LogP contribution in [0.4, 0.5) is 0 Å². The van der Waals surface area contributed by atoms with E-state index in [-0.39, 0.29) is 13.2 Å². The van der Waals surface area contributed by atoms with Gasteiger partial charge < -0.3 is 5.11 Å². The zero-order valence-corrected chi connectivity index (χ0v) is 18.9. The largest absolute Gasteiger partial charge is 0.508 e. The van der Waals surface area contributed by atoms with Crippen LogP contribution in [-0.4, -0.2) is 44.3 Å². The van der Waals surface area contributed by atoms with Gasteiger partial charge in [-0.05, 0) is 38.3 Å². The summed E-state index contributed by atoms with van der Waals surface area (Å²) in [6.45, 7) is 5.11. The van der Waals surface area contributed by atoms with Gasteiger partial charge in [-0.3, -0.25) is 9.11 Å². The van der Waals surface area contributed by atoms with Crippen molar-refractivity contribution in [3.8, 4) is 5.75 Å². The second-order valence-electron chi connectivity index (χ2n) is 5.81. The summed E-state index contributed by atoms with van der Waals surface area (Å²) < 4.78 is 61.3. The fourth-order valence-electron chi connectivity index (χ4n) is 2.12. The van der Waals surface area contributed by atoms with E-state index in [9.17, 15) is 21.9 Å². The summed E-state index contributed by atoms with van der Waals surface area (Å²) in [4.78, 5) is 0. The van der Waals surface area contributed by atoms with Gasteiger partial charge in [0, 0.05) is 0 Å². The van der Waals surface area contributed by atoms with Crippen molar-refractivity contribution in [3.63, 3.8) is 0 Å². The van der Waals surface area contributed by atoms with Crippen molar-refractivity contribution in [2.75, 3.05) is 13.2 Å². The minimum absolute atomic E-state index is 0.0289. The first-order valence-electron chi connectivity index (χ1n) is 9.47. The molecule has 0 heterocycles. The summed E-state index contributed by atoms with van der Waals surface area (Å²) in [5, 5.41) is 9.55. The van der Waals surface area contributed by atoms with E-state index in [0.29, 0.717) is 5.75 Å². The van der Waals surface area contributed by atoms with Crippen LogP contribution in [0.25, 0.3) is 0 Å². The summed E-state index contributed by atoms with van der Waals surface area (Å²) in [5.74, 6) is 0.450. The third kappa shape index (κ3) is 24.7. The Kier molecular flexibility index (Phi) is 18.2. The minimum atomic E-state index is -4.17. The molecule has 0 saturated carbocycles. The van der Waals surface area contributed by atoms with Gasteiger partial charge in [-0.1, -0.05) is 57.2 Å². The molecule has 0 unspecified atom stereocenters. The number of aryl methyl sites for hydroxylation is 1. The van der Waals surface area contributed by atoms with Gasteiger partial charge in [0.2, 0.25) is 0 Å². The van der Waals surface area contributed by atoms with Gasteiger partial charge in [0.25, 0.3) is 0 Å². The zero-order chi connectivity index (χ0) is 22.8. The van der Waals surface area contributed by atoms with Gasteiger partial charge in [-0.2, -0.15) is 16.8 Å². The van der Waals surface area contributed by atoms with Crippen LogP contribution in [0.15, 0.2) is 24.3 Å². The topological polar surface area (TPSA) is 147 Å². The van der Waals surface area contributed by atoms with Crippen LogP contribution in [-0.2, 0) is 35.6 Å². The molecule has 29 heavy (non-hydrogen) atoms. The molecule has 0 spiro atoms. The second-order valence-corrected chi connectivity index (χ2v) is 8.00. The third-order valence-corrected chi connectivity index (χ3v) is 4.39. The lowest BCUT2D eigenvalue weighted by Gasteiger charge is -2.03. The van der Waals surface area contributed by atoms with E-state index in [2.05, 4.69) is 15.3 Å². The van der Waals surface area contributed by atoms with Crippen LogP contribution in [0.2, 0.25) is 0 Å². The predicted octanol–water partition coefficient (Wildman–Crippen LogP) is 3.95. The normalized spacial score (nSPS) is 11.1. The van der Waals surface area contributed by atoms with Crippen LogP contribution in [0.1, 0.15) is 64.9 Å². The molecule has 0 aliphatic carbocycles. The molecule has 0 aromatic heterocycles. The number of benzene rings is 1. The molecule has 0 aliphatic heterocycles. The highest BCUT2D eigenvalue weighted by atomic mass is 32.3. The molecular formula is C18H34O9S2. The Balaban J connectivity index is 0.